The molecule has 2 aliphatic rings. The Balaban J connectivity index is 1.83. The van der Waals surface area contributed by atoms with Crippen molar-refractivity contribution in [3.05, 3.63) is 0 Å². The number of nitrogens with one attached hydrogen (secondary N) is 1. The first-order valence-corrected chi connectivity index (χ1v) is 4.91. The summed E-state index contributed by atoms with van der Waals surface area (Å²) >= 11 is 0. The van der Waals surface area contributed by atoms with Crippen LogP contribution < -0.4 is 5.32 Å². The van der Waals surface area contributed by atoms with Crippen LogP contribution in [0.3, 0.4) is 0 Å². The average Bonchev–Trinajstić information content (AvgIpc) is 2.48. The topological polar surface area (TPSA) is 30.5 Å². The van der Waals surface area contributed by atoms with Crippen molar-refractivity contribution in [2.75, 3.05) is 26.3 Å². The second-order valence-electron chi connectivity index (χ2n) is 3.57. The predicted molar refractivity (Wildman–Crippen MR) is 45.9 cm³/mol. The Hall–Kier alpha value is -0.120. The van der Waals surface area contributed by atoms with Gasteiger partial charge >= 0.3 is 0 Å². The largest absolute Gasteiger partial charge is 0.352 e. The number of hydrogen-bond acceptors (Lipinski definition) is 3. The van der Waals surface area contributed by atoms with Crippen LogP contribution in [0.2, 0.25) is 0 Å². The molecule has 1 unspecified atom stereocenters. The summed E-state index contributed by atoms with van der Waals surface area (Å²) in [5.74, 6) is 0.586. The molecule has 70 valence electrons. The third-order valence-corrected chi connectivity index (χ3v) is 2.59. The van der Waals surface area contributed by atoms with Gasteiger partial charge in [-0.1, -0.05) is 0 Å². The summed E-state index contributed by atoms with van der Waals surface area (Å²) in [7, 11) is 0. The summed E-state index contributed by atoms with van der Waals surface area (Å²) < 4.78 is 11.2. The van der Waals surface area contributed by atoms with Crippen molar-refractivity contribution in [3.8, 4) is 0 Å². The van der Waals surface area contributed by atoms with Gasteiger partial charge in [-0.3, -0.25) is 0 Å². The summed E-state index contributed by atoms with van der Waals surface area (Å²) in [6.45, 7) is 3.93. The predicted octanol–water partition coefficient (Wildman–Crippen LogP) is 0.749. The minimum atomic E-state index is 0.0718. The van der Waals surface area contributed by atoms with E-state index in [1.807, 2.05) is 0 Å². The van der Waals surface area contributed by atoms with E-state index in [9.17, 15) is 0 Å². The normalized spacial score (nSPS) is 33.5. The highest BCUT2D eigenvalue weighted by Crippen LogP contribution is 2.19. The van der Waals surface area contributed by atoms with Crippen molar-refractivity contribution >= 4 is 0 Å². The van der Waals surface area contributed by atoms with Crippen LogP contribution in [0.1, 0.15) is 19.3 Å². The van der Waals surface area contributed by atoms with Crippen LogP contribution in [0.5, 0.6) is 0 Å². The van der Waals surface area contributed by atoms with E-state index < -0.39 is 0 Å². The van der Waals surface area contributed by atoms with Gasteiger partial charge in [0, 0.05) is 25.7 Å². The Bertz CT molecular complexity index is 126. The fourth-order valence-electron chi connectivity index (χ4n) is 1.83. The van der Waals surface area contributed by atoms with Gasteiger partial charge in [-0.2, -0.15) is 0 Å². The lowest BCUT2D eigenvalue weighted by molar-refractivity contribution is -0.153. The van der Waals surface area contributed by atoms with Crippen molar-refractivity contribution in [2.45, 2.75) is 25.6 Å². The van der Waals surface area contributed by atoms with E-state index in [-0.39, 0.29) is 6.29 Å². The molecule has 0 spiro atoms. The summed E-state index contributed by atoms with van der Waals surface area (Å²) in [5.41, 5.74) is 0. The molecule has 0 aromatic rings. The monoisotopic (exact) mass is 171 g/mol. The zero-order chi connectivity index (χ0) is 8.23. The lowest BCUT2D eigenvalue weighted by Crippen LogP contribution is -2.28. The smallest absolute Gasteiger partial charge is 0.161 e. The minimum Gasteiger partial charge on any atom is -0.352 e. The Morgan fingerprint density at radius 1 is 1.08 bits per heavy atom. The highest BCUT2D eigenvalue weighted by atomic mass is 16.7. The summed E-state index contributed by atoms with van der Waals surface area (Å²) in [6, 6.07) is 0. The zero-order valence-corrected chi connectivity index (χ0v) is 7.42. The fraction of sp³-hybridized carbons (Fsp3) is 1.00. The summed E-state index contributed by atoms with van der Waals surface area (Å²) in [4.78, 5) is 0. The Morgan fingerprint density at radius 2 is 1.83 bits per heavy atom. The molecular formula is C9H17NO2. The molecule has 3 nitrogen and oxygen atoms in total. The van der Waals surface area contributed by atoms with Crippen molar-refractivity contribution in [1.29, 1.82) is 0 Å². The zero-order valence-electron chi connectivity index (χ0n) is 7.42. The molecular weight excluding hydrogens is 154 g/mol. The Morgan fingerprint density at radius 3 is 2.42 bits per heavy atom. The minimum absolute atomic E-state index is 0.0718. The number of rotatable bonds is 1. The molecule has 0 aliphatic carbocycles. The highest BCUT2D eigenvalue weighted by Gasteiger charge is 2.26. The van der Waals surface area contributed by atoms with Crippen molar-refractivity contribution in [1.82, 2.24) is 5.32 Å². The van der Waals surface area contributed by atoms with E-state index in [0.717, 1.165) is 39.1 Å². The molecule has 2 saturated heterocycles. The van der Waals surface area contributed by atoms with Gasteiger partial charge < -0.3 is 14.8 Å². The first-order valence-electron chi connectivity index (χ1n) is 4.91. The molecule has 0 bridgehead atoms. The first-order chi connectivity index (χ1) is 5.97. The molecule has 0 aromatic heterocycles. The maximum atomic E-state index is 5.62. The lowest BCUT2D eigenvalue weighted by atomic mass is 10.1. The standard InChI is InChI=1S/C9H17NO2/c1-2-6-12-9(11-5-1)8-3-4-10-7-8/h8-10H,1-7H2. The number of hydrogen-bond donors (Lipinski definition) is 1. The van der Waals surface area contributed by atoms with E-state index >= 15 is 0 Å². The third-order valence-electron chi connectivity index (χ3n) is 2.59. The van der Waals surface area contributed by atoms with Crippen LogP contribution in [0, 0.1) is 5.92 Å². The first kappa shape index (κ1) is 8.48. The van der Waals surface area contributed by atoms with Gasteiger partial charge in [0.1, 0.15) is 0 Å². The van der Waals surface area contributed by atoms with Gasteiger partial charge in [-0.05, 0) is 25.8 Å². The molecule has 2 heterocycles. The average molecular weight is 171 g/mol. The molecule has 0 amide bonds. The molecule has 12 heavy (non-hydrogen) atoms. The molecule has 2 aliphatic heterocycles. The third kappa shape index (κ3) is 1.97. The van der Waals surface area contributed by atoms with Crippen molar-refractivity contribution in [2.24, 2.45) is 5.92 Å². The molecule has 0 aromatic carbocycles. The molecule has 1 N–H and O–H groups in total. The maximum Gasteiger partial charge on any atom is 0.161 e. The SMILES string of the molecule is C1CCOC(C2CCNC2)OC1. The molecule has 2 rings (SSSR count). The Labute approximate surface area is 73.4 Å². The van der Waals surface area contributed by atoms with Crippen molar-refractivity contribution in [3.63, 3.8) is 0 Å². The maximum absolute atomic E-state index is 5.62. The molecule has 2 fully saturated rings. The van der Waals surface area contributed by atoms with Crippen LogP contribution in [0.4, 0.5) is 0 Å². The lowest BCUT2D eigenvalue weighted by Gasteiger charge is -2.20. The van der Waals surface area contributed by atoms with E-state index in [0.29, 0.717) is 5.92 Å². The van der Waals surface area contributed by atoms with Gasteiger partial charge in [0.25, 0.3) is 0 Å². The van der Waals surface area contributed by atoms with Crippen molar-refractivity contribution < 1.29 is 9.47 Å². The van der Waals surface area contributed by atoms with E-state index in [1.165, 1.54) is 6.42 Å². The molecule has 1 atom stereocenters. The summed E-state index contributed by atoms with van der Waals surface area (Å²) in [6.07, 6.45) is 3.57. The second kappa shape index (κ2) is 4.21. The fourth-order valence-corrected chi connectivity index (χ4v) is 1.83. The van der Waals surface area contributed by atoms with E-state index in [1.54, 1.807) is 0 Å². The second-order valence-corrected chi connectivity index (χ2v) is 3.57. The molecule has 3 heteroatoms. The van der Waals surface area contributed by atoms with Gasteiger partial charge in [-0.15, -0.1) is 0 Å². The van der Waals surface area contributed by atoms with E-state index in [2.05, 4.69) is 5.32 Å². The van der Waals surface area contributed by atoms with Gasteiger partial charge in [-0.25, -0.2) is 0 Å². The van der Waals surface area contributed by atoms with Gasteiger partial charge in [0.2, 0.25) is 0 Å². The molecule has 0 radical (unpaired) electrons. The summed E-state index contributed by atoms with van der Waals surface area (Å²) in [5, 5.41) is 3.33. The Kier molecular flexibility index (Phi) is 2.98. The quantitative estimate of drug-likeness (QED) is 0.631. The van der Waals surface area contributed by atoms with E-state index in [4.69, 9.17) is 9.47 Å². The molecule has 0 saturated carbocycles. The van der Waals surface area contributed by atoms with Crippen LogP contribution in [-0.4, -0.2) is 32.6 Å². The van der Waals surface area contributed by atoms with Gasteiger partial charge in [0.15, 0.2) is 6.29 Å². The number of ether oxygens (including phenoxy) is 2. The highest BCUT2D eigenvalue weighted by molar-refractivity contribution is 4.74. The van der Waals surface area contributed by atoms with Crippen LogP contribution in [0.25, 0.3) is 0 Å². The van der Waals surface area contributed by atoms with Crippen LogP contribution >= 0.6 is 0 Å². The van der Waals surface area contributed by atoms with Crippen LogP contribution in [0.15, 0.2) is 0 Å². The van der Waals surface area contributed by atoms with Gasteiger partial charge in [0.05, 0.1) is 0 Å². The van der Waals surface area contributed by atoms with Crippen LogP contribution in [-0.2, 0) is 9.47 Å².